The second-order valence-corrected chi connectivity index (χ2v) is 2.65. The van der Waals surface area contributed by atoms with Crippen LogP contribution in [-0.2, 0) is 14.4 Å². The summed E-state index contributed by atoms with van der Waals surface area (Å²) in [5.41, 5.74) is 0. The second kappa shape index (κ2) is 19.1. The number of carboxylic acids is 3. The Balaban J connectivity index is -0.000000207. The molecule has 7 heteroatoms. The fourth-order valence-corrected chi connectivity index (χ4v) is 0.313. The molecular weight excluding hydrogens is 278 g/mol. The summed E-state index contributed by atoms with van der Waals surface area (Å²) in [6.07, 6.45) is 6.00. The van der Waals surface area contributed by atoms with Crippen LogP contribution in [0, 0.1) is 0 Å². The molecule has 21 heavy (non-hydrogen) atoms. The topological polar surface area (TPSA) is 125 Å². The molecule has 0 aliphatic rings. The van der Waals surface area contributed by atoms with Gasteiger partial charge in [0.2, 0.25) is 0 Å². The van der Waals surface area contributed by atoms with E-state index in [1.54, 1.807) is 12.4 Å². The lowest BCUT2D eigenvalue weighted by Gasteiger charge is -1.70. The smallest absolute Gasteiger partial charge is 0.327 e. The van der Waals surface area contributed by atoms with Crippen molar-refractivity contribution in [2.45, 2.75) is 0 Å². The van der Waals surface area contributed by atoms with E-state index in [1.165, 1.54) is 0 Å². The molecule has 0 saturated heterocycles. The number of hydrogen-bond donors (Lipinski definition) is 3. The van der Waals surface area contributed by atoms with Gasteiger partial charge in [0.25, 0.3) is 0 Å². The Bertz CT molecular complexity index is 373. The fraction of sp³-hybridized carbons (Fsp3) is 0. The fourth-order valence-electron chi connectivity index (χ4n) is 0.313. The van der Waals surface area contributed by atoms with Gasteiger partial charge in [-0.25, -0.2) is 14.4 Å². The van der Waals surface area contributed by atoms with Gasteiger partial charge in [0, 0.05) is 30.6 Å². The predicted octanol–water partition coefficient (Wildman–Crippen LogP) is 1.85. The lowest BCUT2D eigenvalue weighted by Crippen LogP contribution is -1.82. The van der Waals surface area contributed by atoms with E-state index in [0.29, 0.717) is 0 Å². The summed E-state index contributed by atoms with van der Waals surface area (Å²) in [6, 6.07) is 5.72. The van der Waals surface area contributed by atoms with E-state index in [2.05, 4.69) is 24.7 Å². The average Bonchev–Trinajstić information content (AvgIpc) is 2.50. The van der Waals surface area contributed by atoms with Gasteiger partial charge in [0.1, 0.15) is 0 Å². The molecule has 1 rings (SSSR count). The highest BCUT2D eigenvalue weighted by molar-refractivity contribution is 5.79. The molecule has 0 radical (unpaired) electrons. The van der Waals surface area contributed by atoms with Gasteiger partial charge in [-0.05, 0) is 12.1 Å². The molecule has 1 heterocycles. The zero-order chi connectivity index (χ0) is 17.1. The highest BCUT2D eigenvalue weighted by Gasteiger charge is 1.74. The van der Waals surface area contributed by atoms with Crippen molar-refractivity contribution in [1.29, 1.82) is 0 Å². The number of carboxylic acid groups (broad SMARTS) is 3. The summed E-state index contributed by atoms with van der Waals surface area (Å²) < 4.78 is 0. The molecule has 0 fully saturated rings. The van der Waals surface area contributed by atoms with Gasteiger partial charge in [0.15, 0.2) is 0 Å². The first-order valence-electron chi connectivity index (χ1n) is 5.22. The molecule has 7 nitrogen and oxygen atoms in total. The van der Waals surface area contributed by atoms with Crippen molar-refractivity contribution >= 4 is 17.9 Å². The lowest BCUT2D eigenvalue weighted by atomic mass is 10.5. The molecule has 1 aromatic heterocycles. The molecule has 0 spiro atoms. The molecule has 0 aliphatic carbocycles. The first-order chi connectivity index (χ1) is 9.81. The van der Waals surface area contributed by atoms with Crippen molar-refractivity contribution in [2.24, 2.45) is 0 Å². The summed E-state index contributed by atoms with van der Waals surface area (Å²) in [5, 5.41) is 22.8. The van der Waals surface area contributed by atoms with Crippen LogP contribution in [0.5, 0.6) is 0 Å². The largest absolute Gasteiger partial charge is 0.478 e. The van der Waals surface area contributed by atoms with Crippen LogP contribution in [0.25, 0.3) is 0 Å². The van der Waals surface area contributed by atoms with Crippen LogP contribution in [0.1, 0.15) is 0 Å². The van der Waals surface area contributed by atoms with Crippen molar-refractivity contribution < 1.29 is 29.7 Å². The van der Waals surface area contributed by atoms with Crippen LogP contribution < -0.4 is 0 Å². The van der Waals surface area contributed by atoms with Gasteiger partial charge in [-0.3, -0.25) is 4.98 Å². The number of aliphatic carboxylic acids is 3. The molecular formula is C14H17NO6. The number of aromatic nitrogens is 1. The maximum absolute atomic E-state index is 9.25. The highest BCUT2D eigenvalue weighted by atomic mass is 16.4. The Morgan fingerprint density at radius 3 is 1.00 bits per heavy atom. The van der Waals surface area contributed by atoms with Crippen molar-refractivity contribution in [2.75, 3.05) is 0 Å². The molecule has 0 saturated carbocycles. The Labute approximate surface area is 122 Å². The molecule has 0 unspecified atom stereocenters. The third-order valence-electron chi connectivity index (χ3n) is 1.09. The summed E-state index contributed by atoms with van der Waals surface area (Å²) >= 11 is 0. The van der Waals surface area contributed by atoms with E-state index in [0.717, 1.165) is 18.2 Å². The Kier molecular flexibility index (Phi) is 20.9. The van der Waals surface area contributed by atoms with Crippen LogP contribution in [0.3, 0.4) is 0 Å². The van der Waals surface area contributed by atoms with Crippen LogP contribution in [0.4, 0.5) is 0 Å². The Morgan fingerprint density at radius 2 is 0.952 bits per heavy atom. The number of nitrogens with zero attached hydrogens (tertiary/aromatic N) is 1. The molecule has 1 aromatic rings. The maximum atomic E-state index is 9.25. The number of carbonyl (C=O) groups is 3. The van der Waals surface area contributed by atoms with Crippen molar-refractivity contribution in [3.63, 3.8) is 0 Å². The van der Waals surface area contributed by atoms with E-state index < -0.39 is 17.9 Å². The van der Waals surface area contributed by atoms with Crippen LogP contribution >= 0.6 is 0 Å². The third kappa shape index (κ3) is 47.6. The van der Waals surface area contributed by atoms with Crippen LogP contribution in [0.2, 0.25) is 0 Å². The standard InChI is InChI=1S/C5H5N.3C3H4O2/c1-2-4-6-5-3-1;3*1-2-3(4)5/h1-5H;3*2H,1H2,(H,4,5). The van der Waals surface area contributed by atoms with Crippen LogP contribution in [0.15, 0.2) is 68.6 Å². The highest BCUT2D eigenvalue weighted by Crippen LogP contribution is 1.73. The van der Waals surface area contributed by atoms with Gasteiger partial charge in [-0.2, -0.15) is 0 Å². The van der Waals surface area contributed by atoms with Gasteiger partial charge in [0.05, 0.1) is 0 Å². The quantitative estimate of drug-likeness (QED) is 0.726. The third-order valence-corrected chi connectivity index (χ3v) is 1.09. The van der Waals surface area contributed by atoms with Gasteiger partial charge in [-0.1, -0.05) is 25.8 Å². The van der Waals surface area contributed by atoms with E-state index >= 15 is 0 Å². The monoisotopic (exact) mass is 295 g/mol. The van der Waals surface area contributed by atoms with E-state index in [4.69, 9.17) is 15.3 Å². The average molecular weight is 295 g/mol. The molecule has 0 aliphatic heterocycles. The van der Waals surface area contributed by atoms with Gasteiger partial charge >= 0.3 is 17.9 Å². The van der Waals surface area contributed by atoms with Gasteiger partial charge < -0.3 is 15.3 Å². The van der Waals surface area contributed by atoms with Gasteiger partial charge in [-0.15, -0.1) is 0 Å². The van der Waals surface area contributed by atoms with Crippen molar-refractivity contribution in [3.8, 4) is 0 Å². The number of pyridine rings is 1. The zero-order valence-corrected chi connectivity index (χ0v) is 11.3. The van der Waals surface area contributed by atoms with Crippen molar-refractivity contribution in [3.05, 3.63) is 68.6 Å². The zero-order valence-electron chi connectivity index (χ0n) is 11.3. The maximum Gasteiger partial charge on any atom is 0.327 e. The molecule has 3 N–H and O–H groups in total. The minimum absolute atomic E-state index is 0.833. The lowest BCUT2D eigenvalue weighted by molar-refractivity contribution is -0.132. The van der Waals surface area contributed by atoms with Crippen LogP contribution in [-0.4, -0.2) is 38.2 Å². The Hall–Kier alpha value is -3.22. The summed E-state index contributed by atoms with van der Waals surface area (Å²) in [6.45, 7) is 8.88. The van der Waals surface area contributed by atoms with E-state index in [1.807, 2.05) is 18.2 Å². The molecule has 0 bridgehead atoms. The molecule has 0 aromatic carbocycles. The SMILES string of the molecule is C=CC(=O)O.C=CC(=O)O.C=CC(=O)O.c1ccncc1. The first-order valence-corrected chi connectivity index (χ1v) is 5.22. The Morgan fingerprint density at radius 1 is 0.714 bits per heavy atom. The summed E-state index contributed by atoms with van der Waals surface area (Å²) in [4.78, 5) is 31.5. The normalized spacial score (nSPS) is 6.86. The molecule has 114 valence electrons. The molecule has 0 amide bonds. The predicted molar refractivity (Wildman–Crippen MR) is 77.7 cm³/mol. The molecule has 0 atom stereocenters. The van der Waals surface area contributed by atoms with E-state index in [-0.39, 0.29) is 0 Å². The minimum atomic E-state index is -0.981. The second-order valence-electron chi connectivity index (χ2n) is 2.65. The summed E-state index contributed by atoms with van der Waals surface area (Å²) in [5.74, 6) is -2.94. The van der Waals surface area contributed by atoms with E-state index in [9.17, 15) is 14.4 Å². The first kappa shape index (κ1) is 22.9. The number of rotatable bonds is 3. The van der Waals surface area contributed by atoms with Crippen molar-refractivity contribution in [1.82, 2.24) is 4.98 Å². The number of hydrogen-bond acceptors (Lipinski definition) is 4. The minimum Gasteiger partial charge on any atom is -0.478 e. The summed E-state index contributed by atoms with van der Waals surface area (Å²) in [7, 11) is 0.